The Balaban J connectivity index is 2.47. The van der Waals surface area contributed by atoms with Crippen LogP contribution in [0.2, 0.25) is 0 Å². The van der Waals surface area contributed by atoms with Gasteiger partial charge in [-0.1, -0.05) is 25.5 Å². The smallest absolute Gasteiger partial charge is 0.344 e. The van der Waals surface area contributed by atoms with Crippen LogP contribution in [0.3, 0.4) is 0 Å². The summed E-state index contributed by atoms with van der Waals surface area (Å²) in [7, 11) is 0. The van der Waals surface area contributed by atoms with Crippen LogP contribution in [0.4, 0.5) is 18.9 Å². The van der Waals surface area contributed by atoms with Gasteiger partial charge in [-0.15, -0.1) is 0 Å². The lowest BCUT2D eigenvalue weighted by Crippen LogP contribution is -2.36. The molecular weight excluding hydrogens is 285 g/mol. The van der Waals surface area contributed by atoms with Crippen LogP contribution in [0.15, 0.2) is 24.3 Å². The van der Waals surface area contributed by atoms with Crippen molar-refractivity contribution in [3.05, 3.63) is 29.8 Å². The zero-order valence-electron chi connectivity index (χ0n) is 11.6. The molecule has 0 unspecified atom stereocenters. The molecule has 0 atom stereocenters. The molecule has 116 valence electrons. The Morgan fingerprint density at radius 3 is 2.29 bits per heavy atom. The van der Waals surface area contributed by atoms with Crippen LogP contribution in [0.5, 0.6) is 0 Å². The van der Waals surface area contributed by atoms with E-state index in [1.54, 1.807) is 29.6 Å². The Morgan fingerprint density at radius 1 is 1.14 bits per heavy atom. The summed E-state index contributed by atoms with van der Waals surface area (Å²) in [5.74, 6) is -2.07. The topological polar surface area (TPSA) is 58.2 Å². The monoisotopic (exact) mass is 302 g/mol. The predicted octanol–water partition coefficient (Wildman–Crippen LogP) is 2.99. The van der Waals surface area contributed by atoms with Crippen LogP contribution >= 0.6 is 0 Å². The van der Waals surface area contributed by atoms with Gasteiger partial charge in [0.15, 0.2) is 0 Å². The maximum atomic E-state index is 12.0. The maximum absolute atomic E-state index is 12.0. The first-order valence-corrected chi connectivity index (χ1v) is 6.56. The van der Waals surface area contributed by atoms with Gasteiger partial charge < -0.3 is 10.6 Å². The van der Waals surface area contributed by atoms with Crippen LogP contribution in [0.1, 0.15) is 31.7 Å². The van der Waals surface area contributed by atoms with Gasteiger partial charge >= 0.3 is 12.1 Å². The molecule has 4 nitrogen and oxygen atoms in total. The number of carbonyl (C=O) groups is 2. The summed E-state index contributed by atoms with van der Waals surface area (Å²) in [6, 6.07) is 6.26. The van der Waals surface area contributed by atoms with E-state index in [0.29, 0.717) is 17.7 Å². The fraction of sp³-hybridized carbons (Fsp3) is 0.429. The largest absolute Gasteiger partial charge is 0.471 e. The average Bonchev–Trinajstić information content (AvgIpc) is 2.43. The first kappa shape index (κ1) is 17.0. The lowest BCUT2D eigenvalue weighted by atomic mass is 10.2. The highest BCUT2D eigenvalue weighted by Crippen LogP contribution is 2.15. The number of anilines is 1. The molecule has 0 heterocycles. The molecule has 2 N–H and O–H groups in total. The number of benzene rings is 1. The van der Waals surface area contributed by atoms with Gasteiger partial charge in [0.1, 0.15) is 0 Å². The van der Waals surface area contributed by atoms with Crippen LogP contribution in [0.25, 0.3) is 0 Å². The number of carbonyl (C=O) groups excluding carboxylic acids is 2. The first-order chi connectivity index (χ1) is 9.82. The van der Waals surface area contributed by atoms with E-state index in [4.69, 9.17) is 0 Å². The molecule has 1 aromatic rings. The molecule has 0 aromatic heterocycles. The van der Waals surface area contributed by atoms with Gasteiger partial charge in [-0.2, -0.15) is 13.2 Å². The van der Waals surface area contributed by atoms with Crippen molar-refractivity contribution in [3.63, 3.8) is 0 Å². The molecule has 1 rings (SSSR count). The molecule has 0 aliphatic heterocycles. The van der Waals surface area contributed by atoms with E-state index in [1.165, 1.54) is 0 Å². The number of hydrogen-bond acceptors (Lipinski definition) is 2. The second-order valence-electron chi connectivity index (χ2n) is 4.53. The Labute approximate surface area is 120 Å². The summed E-state index contributed by atoms with van der Waals surface area (Å²) in [4.78, 5) is 22.1. The Bertz CT molecular complexity index is 484. The average molecular weight is 302 g/mol. The van der Waals surface area contributed by atoms with E-state index >= 15 is 0 Å². The molecule has 21 heavy (non-hydrogen) atoms. The van der Waals surface area contributed by atoms with E-state index in [9.17, 15) is 22.8 Å². The van der Waals surface area contributed by atoms with Gasteiger partial charge in [-0.25, -0.2) is 0 Å². The standard InChI is InChI=1S/C14H17F3N2O2/c1-2-3-4-12(20)19-11-7-5-10(6-8-11)9-18-13(21)14(15,16)17/h5-8H,2-4,9H2,1H3,(H,18,21)(H,19,20). The van der Waals surface area contributed by atoms with E-state index in [0.717, 1.165) is 12.8 Å². The minimum atomic E-state index is -4.88. The molecular formula is C14H17F3N2O2. The molecule has 0 radical (unpaired) electrons. The number of unbranched alkanes of at least 4 members (excludes halogenated alkanes) is 1. The highest BCUT2D eigenvalue weighted by atomic mass is 19.4. The van der Waals surface area contributed by atoms with E-state index < -0.39 is 12.1 Å². The van der Waals surface area contributed by atoms with Crippen LogP contribution < -0.4 is 10.6 Å². The minimum absolute atomic E-state index is 0.102. The summed E-state index contributed by atoms with van der Waals surface area (Å²) in [6.45, 7) is 1.76. The number of rotatable bonds is 6. The number of alkyl halides is 3. The molecule has 0 saturated carbocycles. The third-order valence-electron chi connectivity index (χ3n) is 2.71. The predicted molar refractivity (Wildman–Crippen MR) is 72.5 cm³/mol. The van der Waals surface area contributed by atoms with Crippen molar-refractivity contribution in [1.29, 1.82) is 0 Å². The van der Waals surface area contributed by atoms with Crippen LogP contribution in [-0.4, -0.2) is 18.0 Å². The van der Waals surface area contributed by atoms with E-state index in [1.807, 2.05) is 6.92 Å². The molecule has 0 aliphatic carbocycles. The van der Waals surface area contributed by atoms with Crippen LogP contribution in [0, 0.1) is 0 Å². The lowest BCUT2D eigenvalue weighted by molar-refractivity contribution is -0.173. The Kier molecular flexibility index (Phi) is 6.20. The van der Waals surface area contributed by atoms with Crippen molar-refractivity contribution >= 4 is 17.5 Å². The SMILES string of the molecule is CCCCC(=O)Nc1ccc(CNC(=O)C(F)(F)F)cc1. The van der Waals surface area contributed by atoms with Gasteiger partial charge in [0.05, 0.1) is 0 Å². The van der Waals surface area contributed by atoms with Crippen molar-refractivity contribution in [2.24, 2.45) is 0 Å². The summed E-state index contributed by atoms with van der Waals surface area (Å²) >= 11 is 0. The molecule has 0 bridgehead atoms. The maximum Gasteiger partial charge on any atom is 0.471 e. The third-order valence-corrected chi connectivity index (χ3v) is 2.71. The van der Waals surface area contributed by atoms with Gasteiger partial charge in [-0.3, -0.25) is 9.59 Å². The normalized spacial score (nSPS) is 11.0. The number of nitrogens with one attached hydrogen (secondary N) is 2. The molecule has 1 aromatic carbocycles. The second kappa shape index (κ2) is 7.66. The van der Waals surface area contributed by atoms with Gasteiger partial charge in [0.25, 0.3) is 0 Å². The minimum Gasteiger partial charge on any atom is -0.344 e. The van der Waals surface area contributed by atoms with Crippen molar-refractivity contribution in [2.75, 3.05) is 5.32 Å². The van der Waals surface area contributed by atoms with Crippen LogP contribution in [-0.2, 0) is 16.1 Å². The Morgan fingerprint density at radius 2 is 1.76 bits per heavy atom. The molecule has 0 aliphatic rings. The lowest BCUT2D eigenvalue weighted by Gasteiger charge is -2.09. The summed E-state index contributed by atoms with van der Waals surface area (Å²) in [6.07, 6.45) is -2.73. The molecule has 7 heteroatoms. The quantitative estimate of drug-likeness (QED) is 0.848. The number of amides is 2. The van der Waals surface area contributed by atoms with Crippen molar-refractivity contribution in [2.45, 2.75) is 38.9 Å². The molecule has 0 spiro atoms. The number of halogens is 3. The van der Waals surface area contributed by atoms with E-state index in [2.05, 4.69) is 5.32 Å². The fourth-order valence-electron chi connectivity index (χ4n) is 1.55. The summed E-state index contributed by atoms with van der Waals surface area (Å²) in [5, 5.41) is 4.46. The molecule has 0 fully saturated rings. The van der Waals surface area contributed by atoms with Crippen molar-refractivity contribution in [1.82, 2.24) is 5.32 Å². The second-order valence-corrected chi connectivity index (χ2v) is 4.53. The Hall–Kier alpha value is -2.05. The first-order valence-electron chi connectivity index (χ1n) is 6.56. The van der Waals surface area contributed by atoms with Crippen molar-refractivity contribution < 1.29 is 22.8 Å². The van der Waals surface area contributed by atoms with Crippen molar-refractivity contribution in [3.8, 4) is 0 Å². The third kappa shape index (κ3) is 6.29. The van der Waals surface area contributed by atoms with E-state index in [-0.39, 0.29) is 12.5 Å². The zero-order chi connectivity index (χ0) is 15.9. The van der Waals surface area contributed by atoms with Gasteiger partial charge in [0.2, 0.25) is 5.91 Å². The highest BCUT2D eigenvalue weighted by molar-refractivity contribution is 5.90. The molecule has 0 saturated heterocycles. The molecule has 2 amide bonds. The summed E-state index contributed by atoms with van der Waals surface area (Å²) in [5.41, 5.74) is 1.08. The number of hydrogen-bond donors (Lipinski definition) is 2. The van der Waals surface area contributed by atoms with Gasteiger partial charge in [0, 0.05) is 18.7 Å². The summed E-state index contributed by atoms with van der Waals surface area (Å²) < 4.78 is 36.0. The zero-order valence-corrected chi connectivity index (χ0v) is 11.6. The highest BCUT2D eigenvalue weighted by Gasteiger charge is 2.38. The fourth-order valence-corrected chi connectivity index (χ4v) is 1.55. The van der Waals surface area contributed by atoms with Gasteiger partial charge in [-0.05, 0) is 24.1 Å².